The van der Waals surface area contributed by atoms with Gasteiger partial charge in [-0.05, 0) is 6.07 Å². The lowest BCUT2D eigenvalue weighted by atomic mass is 9.92. The van der Waals surface area contributed by atoms with Crippen LogP contribution in [0.2, 0.25) is 0 Å². The molecule has 6 nitrogen and oxygen atoms in total. The van der Waals surface area contributed by atoms with Crippen LogP contribution in [0, 0.1) is 0 Å². The van der Waals surface area contributed by atoms with E-state index in [-0.39, 0.29) is 16.9 Å². The number of nitrogens with one attached hydrogen (secondary N) is 1. The third-order valence-corrected chi connectivity index (χ3v) is 5.01. The zero-order chi connectivity index (χ0) is 15.7. The highest BCUT2D eigenvalue weighted by Crippen LogP contribution is 2.24. The summed E-state index contributed by atoms with van der Waals surface area (Å²) in [6, 6.07) is 1.99. The summed E-state index contributed by atoms with van der Waals surface area (Å²) >= 11 is 0. The van der Waals surface area contributed by atoms with Crippen molar-refractivity contribution in [1.82, 2.24) is 14.6 Å². The molecule has 0 aliphatic heterocycles. The lowest BCUT2D eigenvalue weighted by Crippen LogP contribution is -2.17. The smallest absolute Gasteiger partial charge is 0.152 e. The fourth-order valence-electron chi connectivity index (χ4n) is 1.89. The van der Waals surface area contributed by atoms with E-state index in [0.717, 1.165) is 11.2 Å². The second-order valence-corrected chi connectivity index (χ2v) is 8.52. The van der Waals surface area contributed by atoms with Gasteiger partial charge in [0.1, 0.15) is 5.52 Å². The van der Waals surface area contributed by atoms with Crippen molar-refractivity contribution in [2.75, 3.05) is 23.4 Å². The predicted molar refractivity (Wildman–Crippen MR) is 84.5 cm³/mol. The molecule has 0 spiro atoms. The molecule has 0 aliphatic rings. The quantitative estimate of drug-likeness (QED) is 0.912. The van der Waals surface area contributed by atoms with Crippen molar-refractivity contribution >= 4 is 21.2 Å². The van der Waals surface area contributed by atoms with Gasteiger partial charge in [-0.1, -0.05) is 27.7 Å². The first kappa shape index (κ1) is 15.8. The Labute approximate surface area is 125 Å². The average Bonchev–Trinajstić information content (AvgIpc) is 2.83. The van der Waals surface area contributed by atoms with Crippen LogP contribution in [0.5, 0.6) is 0 Å². The lowest BCUT2D eigenvalue weighted by molar-refractivity contribution is 0.562. The summed E-state index contributed by atoms with van der Waals surface area (Å²) in [6.45, 7) is 8.30. The van der Waals surface area contributed by atoms with Crippen LogP contribution in [0.1, 0.15) is 33.4 Å². The van der Waals surface area contributed by atoms with E-state index < -0.39 is 9.84 Å². The van der Waals surface area contributed by atoms with Crippen LogP contribution in [-0.4, -0.2) is 41.1 Å². The number of hydrogen-bond donors (Lipinski definition) is 1. The van der Waals surface area contributed by atoms with Crippen molar-refractivity contribution < 1.29 is 8.42 Å². The molecule has 0 unspecified atom stereocenters. The second-order valence-electron chi connectivity index (χ2n) is 6.05. The van der Waals surface area contributed by atoms with Crippen molar-refractivity contribution in [3.05, 3.63) is 24.2 Å². The minimum Gasteiger partial charge on any atom is -0.367 e. The topological polar surface area (TPSA) is 76.4 Å². The molecule has 0 amide bonds. The Morgan fingerprint density at radius 2 is 2.05 bits per heavy atom. The summed E-state index contributed by atoms with van der Waals surface area (Å²) in [7, 11) is -2.97. The Morgan fingerprint density at radius 3 is 2.67 bits per heavy atom. The first-order valence-corrected chi connectivity index (χ1v) is 8.84. The van der Waals surface area contributed by atoms with Crippen LogP contribution in [0.3, 0.4) is 0 Å². The van der Waals surface area contributed by atoms with E-state index in [4.69, 9.17) is 0 Å². The fourth-order valence-corrected chi connectivity index (χ4v) is 2.60. The van der Waals surface area contributed by atoms with Gasteiger partial charge in [-0.25, -0.2) is 17.9 Å². The summed E-state index contributed by atoms with van der Waals surface area (Å²) in [4.78, 5) is 4.28. The predicted octanol–water partition coefficient (Wildman–Crippen LogP) is 1.87. The van der Waals surface area contributed by atoms with E-state index in [1.165, 1.54) is 0 Å². The number of aromatic nitrogens is 3. The van der Waals surface area contributed by atoms with E-state index in [1.54, 1.807) is 23.8 Å². The van der Waals surface area contributed by atoms with E-state index in [1.807, 2.05) is 6.07 Å². The molecule has 0 aliphatic carbocycles. The molecule has 7 heteroatoms. The van der Waals surface area contributed by atoms with Gasteiger partial charge in [-0.15, -0.1) is 0 Å². The largest absolute Gasteiger partial charge is 0.367 e. The molecule has 0 fully saturated rings. The van der Waals surface area contributed by atoms with Gasteiger partial charge in [-0.2, -0.15) is 5.10 Å². The zero-order valence-corrected chi connectivity index (χ0v) is 13.7. The van der Waals surface area contributed by atoms with E-state index in [9.17, 15) is 8.42 Å². The molecule has 0 saturated heterocycles. The van der Waals surface area contributed by atoms with Gasteiger partial charge in [0.2, 0.25) is 0 Å². The SMILES string of the molecule is CCS(=O)(=O)CCNc1nccn2nc(C(C)(C)C)cc12. The average molecular weight is 310 g/mol. The van der Waals surface area contributed by atoms with Crippen molar-refractivity contribution in [3.8, 4) is 0 Å². The van der Waals surface area contributed by atoms with E-state index in [2.05, 4.69) is 36.2 Å². The normalized spacial score (nSPS) is 12.8. The second kappa shape index (κ2) is 5.63. The first-order chi connectivity index (χ1) is 9.73. The number of hydrogen-bond acceptors (Lipinski definition) is 5. The third-order valence-electron chi connectivity index (χ3n) is 3.30. The van der Waals surface area contributed by atoms with Gasteiger partial charge in [0.05, 0.1) is 11.4 Å². The number of fused-ring (bicyclic) bond motifs is 1. The molecule has 1 N–H and O–H groups in total. The Kier molecular flexibility index (Phi) is 4.22. The summed E-state index contributed by atoms with van der Waals surface area (Å²) in [5.41, 5.74) is 1.78. The van der Waals surface area contributed by atoms with Gasteiger partial charge in [0, 0.05) is 30.1 Å². The standard InChI is InChI=1S/C14H22N4O2S/c1-5-21(19,20)9-7-16-13-11-10-12(14(2,3)4)17-18(11)8-6-15-13/h6,8,10H,5,7,9H2,1-4H3,(H,15,16). The van der Waals surface area contributed by atoms with Crippen molar-refractivity contribution in [1.29, 1.82) is 0 Å². The van der Waals surface area contributed by atoms with Gasteiger partial charge < -0.3 is 5.32 Å². The van der Waals surface area contributed by atoms with Crippen LogP contribution in [0.25, 0.3) is 5.52 Å². The molecule has 2 aromatic heterocycles. The maximum atomic E-state index is 11.5. The summed E-state index contributed by atoms with van der Waals surface area (Å²) < 4.78 is 24.8. The van der Waals surface area contributed by atoms with Crippen molar-refractivity contribution in [3.63, 3.8) is 0 Å². The highest BCUT2D eigenvalue weighted by Gasteiger charge is 2.19. The zero-order valence-electron chi connectivity index (χ0n) is 12.9. The van der Waals surface area contributed by atoms with Gasteiger partial charge in [-0.3, -0.25) is 0 Å². The molecular weight excluding hydrogens is 288 g/mol. The summed E-state index contributed by atoms with van der Waals surface area (Å²) in [5.74, 6) is 0.923. The maximum Gasteiger partial charge on any atom is 0.152 e. The van der Waals surface area contributed by atoms with Gasteiger partial charge in [0.15, 0.2) is 15.7 Å². The molecule has 2 rings (SSSR count). The molecule has 116 valence electrons. The van der Waals surface area contributed by atoms with Gasteiger partial charge in [0.25, 0.3) is 0 Å². The number of rotatable bonds is 5. The minimum absolute atomic E-state index is 0.0468. The Bertz CT molecular complexity index is 729. The van der Waals surface area contributed by atoms with Crippen molar-refractivity contribution in [2.24, 2.45) is 0 Å². The van der Waals surface area contributed by atoms with Crippen LogP contribution in [0.4, 0.5) is 5.82 Å². The maximum absolute atomic E-state index is 11.5. The Morgan fingerprint density at radius 1 is 1.33 bits per heavy atom. The number of anilines is 1. The number of nitrogens with zero attached hydrogens (tertiary/aromatic N) is 3. The van der Waals surface area contributed by atoms with Gasteiger partial charge >= 0.3 is 0 Å². The molecule has 0 bridgehead atoms. The molecule has 0 atom stereocenters. The monoisotopic (exact) mass is 310 g/mol. The highest BCUT2D eigenvalue weighted by molar-refractivity contribution is 7.91. The van der Waals surface area contributed by atoms with Crippen LogP contribution in [0.15, 0.2) is 18.5 Å². The number of sulfone groups is 1. The molecule has 0 radical (unpaired) electrons. The molecule has 21 heavy (non-hydrogen) atoms. The highest BCUT2D eigenvalue weighted by atomic mass is 32.2. The lowest BCUT2D eigenvalue weighted by Gasteiger charge is -2.13. The Balaban J connectivity index is 2.22. The molecule has 2 aromatic rings. The van der Waals surface area contributed by atoms with E-state index in [0.29, 0.717) is 12.4 Å². The first-order valence-electron chi connectivity index (χ1n) is 7.02. The van der Waals surface area contributed by atoms with Crippen LogP contribution >= 0.6 is 0 Å². The minimum atomic E-state index is -2.97. The van der Waals surface area contributed by atoms with E-state index >= 15 is 0 Å². The molecule has 0 saturated carbocycles. The molecular formula is C14H22N4O2S. The molecule has 0 aromatic carbocycles. The summed E-state index contributed by atoms with van der Waals surface area (Å²) in [6.07, 6.45) is 3.45. The Hall–Kier alpha value is -1.63. The summed E-state index contributed by atoms with van der Waals surface area (Å²) in [5, 5.41) is 7.63. The van der Waals surface area contributed by atoms with Crippen molar-refractivity contribution in [2.45, 2.75) is 33.1 Å². The molecule has 2 heterocycles. The fraction of sp³-hybridized carbons (Fsp3) is 0.571. The van der Waals surface area contributed by atoms with Crippen LogP contribution < -0.4 is 5.32 Å². The van der Waals surface area contributed by atoms with Crippen LogP contribution in [-0.2, 0) is 15.3 Å². The third kappa shape index (κ3) is 3.72.